The van der Waals surface area contributed by atoms with E-state index < -0.39 is 11.7 Å². The van der Waals surface area contributed by atoms with Gasteiger partial charge in [-0.2, -0.15) is 4.68 Å². The van der Waals surface area contributed by atoms with Gasteiger partial charge < -0.3 is 14.4 Å². The van der Waals surface area contributed by atoms with Crippen molar-refractivity contribution in [2.24, 2.45) is 0 Å². The minimum Gasteiger partial charge on any atom is -0.492 e. The maximum Gasteiger partial charge on any atom is 0.427 e. The van der Waals surface area contributed by atoms with Gasteiger partial charge in [-0.05, 0) is 52.3 Å². The zero-order valence-corrected chi connectivity index (χ0v) is 12.2. The molecule has 0 saturated heterocycles. The first-order valence-corrected chi connectivity index (χ1v) is 6.74. The van der Waals surface area contributed by atoms with Crippen LogP contribution in [0.25, 0.3) is 0 Å². The number of ether oxygens (including phenoxy) is 1. The molecular formula is C12H19N3O3S. The van der Waals surface area contributed by atoms with E-state index in [4.69, 9.17) is 17.0 Å². The maximum atomic E-state index is 11.7. The third kappa shape index (κ3) is 2.91. The van der Waals surface area contributed by atoms with Gasteiger partial charge in [-0.25, -0.2) is 10.2 Å². The Morgan fingerprint density at radius 3 is 2.68 bits per heavy atom. The van der Waals surface area contributed by atoms with Crippen LogP contribution in [-0.2, 0) is 17.7 Å². The average Bonchev–Trinajstić information content (AvgIpc) is 2.53. The second-order valence-corrected chi connectivity index (χ2v) is 5.98. The van der Waals surface area contributed by atoms with Crippen molar-refractivity contribution in [2.45, 2.75) is 52.2 Å². The quantitative estimate of drug-likeness (QED) is 0.778. The number of carbonyl (C=O) groups is 1. The molecule has 1 aliphatic rings. The first-order valence-electron chi connectivity index (χ1n) is 6.33. The number of hydrogen-bond acceptors (Lipinski definition) is 4. The van der Waals surface area contributed by atoms with Gasteiger partial charge in [-0.1, -0.05) is 0 Å². The third-order valence-corrected chi connectivity index (χ3v) is 3.27. The maximum absolute atomic E-state index is 11.7. The summed E-state index contributed by atoms with van der Waals surface area (Å²) in [5, 5.41) is 10.1. The molecule has 2 heterocycles. The van der Waals surface area contributed by atoms with E-state index in [-0.39, 0.29) is 5.88 Å². The Kier molecular flexibility index (Phi) is 3.58. The van der Waals surface area contributed by atoms with E-state index in [1.54, 1.807) is 20.8 Å². The molecule has 0 radical (unpaired) electrons. The van der Waals surface area contributed by atoms with E-state index in [0.29, 0.717) is 4.77 Å². The van der Waals surface area contributed by atoms with Crippen molar-refractivity contribution in [3.05, 3.63) is 10.5 Å². The number of carbonyl (C=O) groups excluding carboxylic acids is 1. The molecule has 106 valence electrons. The van der Waals surface area contributed by atoms with Crippen LogP contribution in [0.2, 0.25) is 0 Å². The number of aromatic hydroxyl groups is 1. The monoisotopic (exact) mass is 285 g/mol. The molecule has 0 spiro atoms. The lowest BCUT2D eigenvalue weighted by Gasteiger charge is -2.19. The van der Waals surface area contributed by atoms with Gasteiger partial charge in [0, 0.05) is 6.54 Å². The Hall–Kier alpha value is -1.50. The van der Waals surface area contributed by atoms with Crippen molar-refractivity contribution in [1.29, 1.82) is 0 Å². The largest absolute Gasteiger partial charge is 0.492 e. The van der Waals surface area contributed by atoms with Gasteiger partial charge in [0.25, 0.3) is 0 Å². The Labute approximate surface area is 117 Å². The number of nitrogens with one attached hydrogen (secondary N) is 1. The fourth-order valence-electron chi connectivity index (χ4n) is 2.11. The SMILES string of the molecule is CC(C)(C)OC(=O)Nn1c(O)c2n(c1=S)CCCC2. The standard InChI is InChI=1S/C12H19N3O3S/c1-12(2,3)18-10(17)13-15-9(16)8-6-4-5-7-14(8)11(15)19/h16H,4-7H2,1-3H3,(H,13,17). The molecule has 0 aromatic carbocycles. The van der Waals surface area contributed by atoms with Gasteiger partial charge in [0.15, 0.2) is 0 Å². The predicted octanol–water partition coefficient (Wildman–Crippen LogP) is 2.54. The first-order chi connectivity index (χ1) is 8.79. The molecule has 2 N–H and O–H groups in total. The number of aromatic nitrogens is 2. The Morgan fingerprint density at radius 1 is 1.42 bits per heavy atom. The first kappa shape index (κ1) is 13.9. The third-order valence-electron chi connectivity index (χ3n) is 2.87. The van der Waals surface area contributed by atoms with Crippen LogP contribution < -0.4 is 5.43 Å². The van der Waals surface area contributed by atoms with Crippen LogP contribution >= 0.6 is 12.2 Å². The Balaban J connectivity index is 2.24. The van der Waals surface area contributed by atoms with Crippen LogP contribution in [0.1, 0.15) is 39.3 Å². The molecule has 1 amide bonds. The van der Waals surface area contributed by atoms with Crippen LogP contribution in [0.3, 0.4) is 0 Å². The molecule has 1 aromatic heterocycles. The Morgan fingerprint density at radius 2 is 2.11 bits per heavy atom. The molecule has 7 heteroatoms. The van der Waals surface area contributed by atoms with Crippen molar-refractivity contribution in [1.82, 2.24) is 9.24 Å². The average molecular weight is 285 g/mol. The zero-order valence-electron chi connectivity index (χ0n) is 11.4. The molecule has 1 aromatic rings. The summed E-state index contributed by atoms with van der Waals surface area (Å²) >= 11 is 5.26. The smallest absolute Gasteiger partial charge is 0.427 e. The molecule has 0 fully saturated rings. The summed E-state index contributed by atoms with van der Waals surface area (Å²) in [6, 6.07) is 0. The highest BCUT2D eigenvalue weighted by molar-refractivity contribution is 7.71. The van der Waals surface area contributed by atoms with Crippen molar-refractivity contribution in [3.8, 4) is 5.88 Å². The van der Waals surface area contributed by atoms with Crippen LogP contribution in [0.5, 0.6) is 5.88 Å². The van der Waals surface area contributed by atoms with E-state index in [1.165, 1.54) is 4.68 Å². The van der Waals surface area contributed by atoms with Gasteiger partial charge in [0.2, 0.25) is 10.7 Å². The molecule has 0 unspecified atom stereocenters. The van der Waals surface area contributed by atoms with Crippen molar-refractivity contribution in [2.75, 3.05) is 5.43 Å². The summed E-state index contributed by atoms with van der Waals surface area (Å²) in [4.78, 5) is 11.7. The summed E-state index contributed by atoms with van der Waals surface area (Å²) in [7, 11) is 0. The molecular weight excluding hydrogens is 266 g/mol. The Bertz CT molecular complexity index is 554. The normalized spacial score (nSPS) is 14.9. The fourth-order valence-corrected chi connectivity index (χ4v) is 2.44. The topological polar surface area (TPSA) is 68.4 Å². The molecule has 1 aliphatic heterocycles. The van der Waals surface area contributed by atoms with E-state index in [9.17, 15) is 9.90 Å². The molecule has 2 rings (SSSR count). The molecule has 6 nitrogen and oxygen atoms in total. The van der Waals surface area contributed by atoms with Crippen LogP contribution in [-0.4, -0.2) is 26.0 Å². The summed E-state index contributed by atoms with van der Waals surface area (Å²) in [5.41, 5.74) is 2.65. The number of amides is 1. The molecule has 0 aliphatic carbocycles. The van der Waals surface area contributed by atoms with E-state index in [1.807, 2.05) is 4.57 Å². The number of nitrogens with zero attached hydrogens (tertiary/aromatic N) is 2. The predicted molar refractivity (Wildman–Crippen MR) is 73.5 cm³/mol. The second-order valence-electron chi connectivity index (χ2n) is 5.61. The van der Waals surface area contributed by atoms with Gasteiger partial charge in [-0.15, -0.1) is 0 Å². The zero-order chi connectivity index (χ0) is 14.2. The van der Waals surface area contributed by atoms with Crippen molar-refractivity contribution < 1.29 is 14.6 Å². The van der Waals surface area contributed by atoms with Crippen LogP contribution in [0.4, 0.5) is 4.79 Å². The number of fused-ring (bicyclic) bond motifs is 1. The van der Waals surface area contributed by atoms with Crippen molar-refractivity contribution in [3.63, 3.8) is 0 Å². The van der Waals surface area contributed by atoms with E-state index in [0.717, 1.165) is 31.5 Å². The minimum absolute atomic E-state index is 0.00411. The summed E-state index contributed by atoms with van der Waals surface area (Å²) in [6.45, 7) is 6.09. The van der Waals surface area contributed by atoms with E-state index in [2.05, 4.69) is 5.43 Å². The lowest BCUT2D eigenvalue weighted by Crippen LogP contribution is -2.31. The van der Waals surface area contributed by atoms with Crippen molar-refractivity contribution >= 4 is 18.3 Å². The molecule has 0 saturated carbocycles. The molecule has 0 bridgehead atoms. The molecule has 0 atom stereocenters. The summed E-state index contributed by atoms with van der Waals surface area (Å²) in [6.07, 6.45) is 2.16. The number of hydrogen-bond donors (Lipinski definition) is 2. The lowest BCUT2D eigenvalue weighted by molar-refractivity contribution is 0.0610. The highest BCUT2D eigenvalue weighted by Gasteiger charge is 2.23. The van der Waals surface area contributed by atoms with Gasteiger partial charge in [0.1, 0.15) is 5.60 Å². The van der Waals surface area contributed by atoms with E-state index >= 15 is 0 Å². The highest BCUT2D eigenvalue weighted by Crippen LogP contribution is 2.26. The number of imidazole rings is 1. The lowest BCUT2D eigenvalue weighted by atomic mass is 10.1. The minimum atomic E-state index is -0.637. The summed E-state index contributed by atoms with van der Waals surface area (Å²) in [5.74, 6) is -0.00411. The summed E-state index contributed by atoms with van der Waals surface area (Å²) < 4.78 is 8.60. The van der Waals surface area contributed by atoms with Crippen LogP contribution in [0.15, 0.2) is 0 Å². The fraction of sp³-hybridized carbons (Fsp3) is 0.667. The number of rotatable bonds is 1. The van der Waals surface area contributed by atoms with Gasteiger partial charge >= 0.3 is 6.09 Å². The van der Waals surface area contributed by atoms with Gasteiger partial charge in [-0.3, -0.25) is 0 Å². The van der Waals surface area contributed by atoms with Crippen LogP contribution in [0, 0.1) is 4.77 Å². The van der Waals surface area contributed by atoms with Gasteiger partial charge in [0.05, 0.1) is 5.69 Å². The second kappa shape index (κ2) is 4.88. The highest BCUT2D eigenvalue weighted by atomic mass is 32.1. The molecule has 19 heavy (non-hydrogen) atoms.